The molecule has 0 amide bonds. The van der Waals surface area contributed by atoms with Crippen molar-refractivity contribution in [3.05, 3.63) is 29.8 Å². The fraction of sp³-hybridized carbons (Fsp3) is 0.364. The number of benzene rings is 1. The lowest BCUT2D eigenvalue weighted by molar-refractivity contribution is -0.139. The van der Waals surface area contributed by atoms with Crippen LogP contribution >= 0.6 is 0 Å². The number of primary sulfonamides is 1. The molecule has 10 heteroatoms. The summed E-state index contributed by atoms with van der Waals surface area (Å²) in [4.78, 5) is 11.1. The van der Waals surface area contributed by atoms with E-state index in [2.05, 4.69) is 9.46 Å². The monoisotopic (exact) mass is 336 g/mol. The number of nitrogens with one attached hydrogen (secondary N) is 1. The molecule has 118 valence electrons. The molecular weight excluding hydrogens is 320 g/mol. The first-order valence-corrected chi connectivity index (χ1v) is 9.23. The minimum absolute atomic E-state index is 0.0939. The molecule has 0 fully saturated rings. The van der Waals surface area contributed by atoms with E-state index in [1.807, 2.05) is 0 Å². The summed E-state index contributed by atoms with van der Waals surface area (Å²) in [6.07, 6.45) is 0. The fourth-order valence-corrected chi connectivity index (χ4v) is 3.09. The van der Waals surface area contributed by atoms with Gasteiger partial charge in [0.2, 0.25) is 20.0 Å². The average molecular weight is 336 g/mol. The van der Waals surface area contributed by atoms with Crippen molar-refractivity contribution < 1.29 is 26.4 Å². The summed E-state index contributed by atoms with van der Waals surface area (Å²) in [6.45, 7) is 1.67. The molecule has 0 aliphatic heterocycles. The fourth-order valence-electron chi connectivity index (χ4n) is 1.47. The first-order chi connectivity index (χ1) is 9.61. The Hall–Kier alpha value is -1.65. The Morgan fingerprint density at radius 3 is 2.24 bits per heavy atom. The van der Waals surface area contributed by atoms with E-state index in [1.54, 1.807) is 6.92 Å². The minimum Gasteiger partial charge on any atom is -0.465 e. The maximum Gasteiger partial charge on any atom is 0.323 e. The summed E-state index contributed by atoms with van der Waals surface area (Å²) in [6, 6.07) is 5.60. The lowest BCUT2D eigenvalue weighted by Crippen LogP contribution is -2.24. The van der Waals surface area contributed by atoms with E-state index in [9.17, 15) is 21.6 Å². The zero-order chi connectivity index (χ0) is 16.1. The molecule has 8 nitrogen and oxygen atoms in total. The van der Waals surface area contributed by atoms with Gasteiger partial charge in [-0.1, -0.05) is 12.1 Å². The van der Waals surface area contributed by atoms with Crippen LogP contribution in [0.2, 0.25) is 0 Å². The molecule has 0 bridgehead atoms. The van der Waals surface area contributed by atoms with E-state index in [1.165, 1.54) is 24.3 Å². The van der Waals surface area contributed by atoms with Gasteiger partial charge in [0.25, 0.3) is 0 Å². The van der Waals surface area contributed by atoms with Gasteiger partial charge in [-0.05, 0) is 24.6 Å². The molecule has 0 aliphatic carbocycles. The lowest BCUT2D eigenvalue weighted by Gasteiger charge is -2.08. The summed E-state index contributed by atoms with van der Waals surface area (Å²) in [5, 5.41) is 4.90. The van der Waals surface area contributed by atoms with Gasteiger partial charge in [-0.15, -0.1) is 0 Å². The quantitative estimate of drug-likeness (QED) is 0.661. The third-order valence-electron chi connectivity index (χ3n) is 2.21. The Kier molecular flexibility index (Phi) is 5.70. The zero-order valence-electron chi connectivity index (χ0n) is 11.3. The maximum atomic E-state index is 11.7. The van der Waals surface area contributed by atoms with Crippen molar-refractivity contribution in [2.75, 3.05) is 17.1 Å². The summed E-state index contributed by atoms with van der Waals surface area (Å²) in [5.41, 5.74) is 0.628. The van der Waals surface area contributed by atoms with Gasteiger partial charge < -0.3 is 4.74 Å². The lowest BCUT2D eigenvalue weighted by atomic mass is 10.2. The van der Waals surface area contributed by atoms with Gasteiger partial charge in [-0.3, -0.25) is 9.52 Å². The van der Waals surface area contributed by atoms with Crippen molar-refractivity contribution in [1.29, 1.82) is 0 Å². The van der Waals surface area contributed by atoms with Crippen molar-refractivity contribution in [2.24, 2.45) is 5.14 Å². The highest BCUT2D eigenvalue weighted by Gasteiger charge is 2.17. The number of carbonyl (C=O) groups is 1. The second kappa shape index (κ2) is 6.87. The van der Waals surface area contributed by atoms with Crippen LogP contribution in [0, 0.1) is 0 Å². The molecule has 1 rings (SSSR count). The minimum atomic E-state index is -3.87. The summed E-state index contributed by atoms with van der Waals surface area (Å²) in [5.74, 6) is -1.99. The summed E-state index contributed by atoms with van der Waals surface area (Å²) < 4.78 is 51.9. The van der Waals surface area contributed by atoms with Gasteiger partial charge >= 0.3 is 5.97 Å². The number of esters is 1. The normalized spacial score (nSPS) is 11.9. The first-order valence-electron chi connectivity index (χ1n) is 5.87. The molecule has 0 aliphatic rings. The average Bonchev–Trinajstić information content (AvgIpc) is 2.29. The topological polar surface area (TPSA) is 133 Å². The third-order valence-corrected chi connectivity index (χ3v) is 4.11. The summed E-state index contributed by atoms with van der Waals surface area (Å²) in [7, 11) is -7.52. The van der Waals surface area contributed by atoms with E-state index in [-0.39, 0.29) is 18.0 Å². The Labute approximate surface area is 123 Å². The number of carbonyl (C=O) groups excluding carboxylic acids is 1. The molecule has 21 heavy (non-hydrogen) atoms. The highest BCUT2D eigenvalue weighted by Crippen LogP contribution is 2.13. The van der Waals surface area contributed by atoms with Crippen molar-refractivity contribution in [1.82, 2.24) is 0 Å². The maximum absolute atomic E-state index is 11.7. The van der Waals surface area contributed by atoms with Crippen LogP contribution < -0.4 is 9.86 Å². The van der Waals surface area contributed by atoms with E-state index in [0.717, 1.165) is 0 Å². The van der Waals surface area contributed by atoms with Gasteiger partial charge in [-0.2, -0.15) is 0 Å². The second-order valence-electron chi connectivity index (χ2n) is 4.17. The number of hydrogen-bond donors (Lipinski definition) is 2. The Morgan fingerprint density at radius 1 is 1.19 bits per heavy atom. The van der Waals surface area contributed by atoms with Gasteiger partial charge in [0, 0.05) is 5.69 Å². The van der Waals surface area contributed by atoms with E-state index in [0.29, 0.717) is 5.56 Å². The smallest absolute Gasteiger partial charge is 0.323 e. The number of ether oxygens (including phenoxy) is 1. The largest absolute Gasteiger partial charge is 0.465 e. The molecule has 0 spiro atoms. The van der Waals surface area contributed by atoms with Crippen LogP contribution in [0.3, 0.4) is 0 Å². The van der Waals surface area contributed by atoms with Crippen molar-refractivity contribution in [2.45, 2.75) is 12.7 Å². The van der Waals surface area contributed by atoms with Gasteiger partial charge in [-0.25, -0.2) is 22.0 Å². The Bertz CT molecular complexity index is 695. The van der Waals surface area contributed by atoms with Crippen LogP contribution in [0.25, 0.3) is 0 Å². The number of rotatable bonds is 7. The van der Waals surface area contributed by atoms with Crippen molar-refractivity contribution in [3.63, 3.8) is 0 Å². The molecule has 0 radical (unpaired) electrons. The third kappa shape index (κ3) is 7.06. The van der Waals surface area contributed by atoms with Crippen LogP contribution in [-0.4, -0.2) is 35.2 Å². The molecule has 0 heterocycles. The number of nitrogens with two attached hydrogens (primary N) is 1. The van der Waals surface area contributed by atoms with Gasteiger partial charge in [0.05, 0.1) is 12.4 Å². The highest BCUT2D eigenvalue weighted by atomic mass is 32.2. The van der Waals surface area contributed by atoms with Crippen LogP contribution in [0.15, 0.2) is 24.3 Å². The standard InChI is InChI=1S/C11H16N2O6S2/c1-2-19-11(14)8-21(17,18)13-10-5-3-9(4-6-10)7-20(12,15)16/h3-6,13H,2,7-8H2,1H3,(H2,12,15,16). The van der Waals surface area contributed by atoms with Crippen molar-refractivity contribution in [3.8, 4) is 0 Å². The SMILES string of the molecule is CCOC(=O)CS(=O)(=O)Nc1ccc(CS(N)(=O)=O)cc1. The summed E-state index contributed by atoms with van der Waals surface area (Å²) >= 11 is 0. The number of hydrogen-bond acceptors (Lipinski definition) is 6. The molecule has 3 N–H and O–H groups in total. The zero-order valence-corrected chi connectivity index (χ0v) is 12.9. The molecule has 0 aromatic heterocycles. The highest BCUT2D eigenvalue weighted by molar-refractivity contribution is 7.93. The molecule has 1 aromatic carbocycles. The van der Waals surface area contributed by atoms with E-state index < -0.39 is 31.8 Å². The van der Waals surface area contributed by atoms with Gasteiger partial charge in [0.1, 0.15) is 0 Å². The predicted molar refractivity (Wildman–Crippen MR) is 77.3 cm³/mol. The Morgan fingerprint density at radius 2 is 1.76 bits per heavy atom. The van der Waals surface area contributed by atoms with Crippen LogP contribution in [0.1, 0.15) is 12.5 Å². The molecular formula is C11H16N2O6S2. The molecule has 0 atom stereocenters. The van der Waals surface area contributed by atoms with E-state index >= 15 is 0 Å². The predicted octanol–water partition coefficient (Wildman–Crippen LogP) is -0.220. The second-order valence-corrected chi connectivity index (χ2v) is 7.51. The van der Waals surface area contributed by atoms with Gasteiger partial charge in [0.15, 0.2) is 5.75 Å². The van der Waals surface area contributed by atoms with Crippen LogP contribution in [0.5, 0.6) is 0 Å². The number of anilines is 1. The first kappa shape index (κ1) is 17.4. The molecule has 0 unspecified atom stereocenters. The number of sulfonamides is 2. The molecule has 1 aromatic rings. The van der Waals surface area contributed by atoms with E-state index in [4.69, 9.17) is 5.14 Å². The molecule has 0 saturated heterocycles. The van der Waals surface area contributed by atoms with Crippen LogP contribution in [0.4, 0.5) is 5.69 Å². The Balaban J connectivity index is 2.73. The van der Waals surface area contributed by atoms with Crippen molar-refractivity contribution >= 4 is 31.7 Å². The van der Waals surface area contributed by atoms with Crippen LogP contribution in [-0.2, 0) is 35.3 Å². The molecule has 0 saturated carbocycles.